The average molecular weight is 725 g/mol. The van der Waals surface area contributed by atoms with Crippen LogP contribution >= 0.6 is 15.6 Å². The molecule has 2 fully saturated rings. The van der Waals surface area contributed by atoms with Gasteiger partial charge in [0.25, 0.3) is 5.56 Å². The van der Waals surface area contributed by atoms with Gasteiger partial charge in [0, 0.05) is 13.3 Å². The molecule has 3 aromatic rings. The Labute approximate surface area is 269 Å². The SMILES string of the molecule is COC1[C@@H](OP(=O)(O)OC[C@H]2O[C@@H](n3ccc(N)nc3=O)C(O)[C@H]2OC(C)C)[C@@H](COP(=O)(O)O)O[C@H]1n1cnc2c(=O)[nH]c(N)nc21. The van der Waals surface area contributed by atoms with Crippen LogP contribution in [-0.2, 0) is 41.6 Å². The highest BCUT2D eigenvalue weighted by atomic mass is 31.2. The molecule has 5 heterocycles. The van der Waals surface area contributed by atoms with Crippen LogP contribution in [-0.4, -0.2) is 112 Å². The van der Waals surface area contributed by atoms with E-state index >= 15 is 0 Å². The summed E-state index contributed by atoms with van der Waals surface area (Å²) < 4.78 is 65.3. The molecule has 266 valence electrons. The molecule has 5 rings (SSSR count). The van der Waals surface area contributed by atoms with E-state index in [4.69, 9.17) is 39.5 Å². The highest BCUT2D eigenvalue weighted by Crippen LogP contribution is 2.50. The third kappa shape index (κ3) is 7.84. The van der Waals surface area contributed by atoms with Crippen molar-refractivity contribution in [3.05, 3.63) is 39.4 Å². The summed E-state index contributed by atoms with van der Waals surface area (Å²) in [4.78, 5) is 68.1. The molecule has 9 N–H and O–H groups in total. The first-order chi connectivity index (χ1) is 22.5. The zero-order chi connectivity index (χ0) is 35.1. The minimum Gasteiger partial charge on any atom is -0.386 e. The molecule has 23 nitrogen and oxygen atoms in total. The number of aromatic nitrogens is 6. The summed E-state index contributed by atoms with van der Waals surface area (Å²) in [6.07, 6.45) is -8.97. The maximum Gasteiger partial charge on any atom is 0.472 e. The summed E-state index contributed by atoms with van der Waals surface area (Å²) in [6, 6.07) is 1.31. The number of phosphoric ester groups is 2. The Bertz CT molecular complexity index is 1830. The van der Waals surface area contributed by atoms with E-state index in [9.17, 15) is 38.5 Å². The van der Waals surface area contributed by atoms with Gasteiger partial charge in [0.05, 0.1) is 25.6 Å². The summed E-state index contributed by atoms with van der Waals surface area (Å²) >= 11 is 0. The standard InChI is InChI=1S/C23H34N8O15P2/c1-9(2)43-15-10(44-20(14(15)32)30-5-4-12(24)27-23(30)34)7-42-48(38,39)46-16-11(6-41-47(35,36)37)45-21(17(16)40-3)31-8-26-13-18(31)28-22(25)29-19(13)33/h4-5,8-11,14-17,20-21,32H,6-7H2,1-3H3,(H,38,39)(H2,24,27,34)(H2,35,36,37)(H3,25,28,29,33)/t10-,11-,14?,15+,16+,17?,20-,21-/m1/s1. The number of imidazole rings is 1. The van der Waals surface area contributed by atoms with Gasteiger partial charge in [-0.25, -0.2) is 18.9 Å². The van der Waals surface area contributed by atoms with Crippen LogP contribution in [0.2, 0.25) is 0 Å². The molecule has 0 aliphatic carbocycles. The van der Waals surface area contributed by atoms with Crippen molar-refractivity contribution in [3.8, 4) is 0 Å². The van der Waals surface area contributed by atoms with Crippen molar-refractivity contribution in [3.63, 3.8) is 0 Å². The van der Waals surface area contributed by atoms with Crippen molar-refractivity contribution in [1.29, 1.82) is 0 Å². The van der Waals surface area contributed by atoms with Crippen LogP contribution in [0.4, 0.5) is 11.8 Å². The number of nitrogens with two attached hydrogens (primary N) is 2. The molecular weight excluding hydrogens is 690 g/mol. The lowest BCUT2D eigenvalue weighted by atomic mass is 10.1. The predicted octanol–water partition coefficient (Wildman–Crippen LogP) is -1.88. The van der Waals surface area contributed by atoms with Crippen LogP contribution in [0.3, 0.4) is 0 Å². The maximum atomic E-state index is 13.4. The lowest BCUT2D eigenvalue weighted by molar-refractivity contribution is -0.0817. The Kier molecular flexibility index (Phi) is 10.5. The molecular formula is C23H34N8O15P2. The number of phosphoric acid groups is 2. The van der Waals surface area contributed by atoms with E-state index < -0.39 is 95.3 Å². The second kappa shape index (κ2) is 14.0. The highest BCUT2D eigenvalue weighted by molar-refractivity contribution is 7.47. The van der Waals surface area contributed by atoms with Gasteiger partial charge in [0.15, 0.2) is 23.6 Å². The van der Waals surface area contributed by atoms with E-state index in [0.717, 1.165) is 10.9 Å². The van der Waals surface area contributed by atoms with Gasteiger partial charge in [0.1, 0.15) is 42.4 Å². The number of nitrogens with one attached hydrogen (secondary N) is 1. The second-order valence-electron chi connectivity index (χ2n) is 10.9. The van der Waals surface area contributed by atoms with Gasteiger partial charge < -0.3 is 50.2 Å². The summed E-state index contributed by atoms with van der Waals surface area (Å²) in [5.41, 5.74) is 9.51. The van der Waals surface area contributed by atoms with Crippen molar-refractivity contribution < 1.29 is 61.4 Å². The second-order valence-corrected chi connectivity index (χ2v) is 13.6. The Morgan fingerprint density at radius 2 is 1.67 bits per heavy atom. The number of nitrogens with zero attached hydrogens (tertiary/aromatic N) is 5. The molecule has 25 heteroatoms. The molecule has 48 heavy (non-hydrogen) atoms. The Morgan fingerprint density at radius 1 is 1.00 bits per heavy atom. The Morgan fingerprint density at radius 3 is 2.31 bits per heavy atom. The summed E-state index contributed by atoms with van der Waals surface area (Å²) in [7, 11) is -9.02. The number of methoxy groups -OCH3 is 1. The Hall–Kier alpha value is -3.15. The van der Waals surface area contributed by atoms with E-state index in [-0.39, 0.29) is 22.9 Å². The summed E-state index contributed by atoms with van der Waals surface area (Å²) in [6.45, 7) is 1.76. The molecule has 0 amide bonds. The van der Waals surface area contributed by atoms with Gasteiger partial charge in [0.2, 0.25) is 5.95 Å². The third-order valence-electron chi connectivity index (χ3n) is 7.21. The van der Waals surface area contributed by atoms with Crippen LogP contribution in [0.15, 0.2) is 28.2 Å². The van der Waals surface area contributed by atoms with Crippen LogP contribution in [0.25, 0.3) is 11.2 Å². The fourth-order valence-corrected chi connectivity index (χ4v) is 6.58. The zero-order valence-corrected chi connectivity index (χ0v) is 27.2. The number of rotatable bonds is 13. The molecule has 0 aromatic carbocycles. The number of aliphatic hydroxyl groups is 1. The van der Waals surface area contributed by atoms with Gasteiger partial charge >= 0.3 is 21.3 Å². The molecule has 0 saturated carbocycles. The number of hydrogen-bond acceptors (Lipinski definition) is 17. The number of H-pyrrole nitrogens is 1. The predicted molar refractivity (Wildman–Crippen MR) is 159 cm³/mol. The van der Waals surface area contributed by atoms with E-state index in [2.05, 4.69) is 24.5 Å². The highest BCUT2D eigenvalue weighted by Gasteiger charge is 2.52. The third-order valence-corrected chi connectivity index (χ3v) is 8.68. The number of aliphatic hydroxyl groups excluding tert-OH is 1. The topological polar surface area (TPSA) is 330 Å². The molecule has 3 unspecified atom stereocenters. The quantitative estimate of drug-likeness (QED) is 0.0948. The van der Waals surface area contributed by atoms with Crippen molar-refractivity contribution in [2.45, 2.75) is 69.0 Å². The minimum atomic E-state index is -5.14. The summed E-state index contributed by atoms with van der Waals surface area (Å²) in [5.74, 6) is -0.327. The fourth-order valence-electron chi connectivity index (χ4n) is 5.28. The average Bonchev–Trinajstić information content (AvgIpc) is 3.64. The first kappa shape index (κ1) is 36.1. The van der Waals surface area contributed by atoms with E-state index in [1.54, 1.807) is 13.8 Å². The monoisotopic (exact) mass is 724 g/mol. The van der Waals surface area contributed by atoms with Crippen LogP contribution in [0.1, 0.15) is 26.3 Å². The van der Waals surface area contributed by atoms with E-state index in [1.165, 1.54) is 23.9 Å². The first-order valence-corrected chi connectivity index (χ1v) is 17.1. The number of anilines is 2. The number of nitrogen functional groups attached to an aromatic ring is 2. The van der Waals surface area contributed by atoms with Crippen LogP contribution in [0.5, 0.6) is 0 Å². The molecule has 2 aliphatic rings. The van der Waals surface area contributed by atoms with E-state index in [0.29, 0.717) is 0 Å². The molecule has 2 saturated heterocycles. The van der Waals surface area contributed by atoms with Crippen molar-refractivity contribution >= 4 is 38.6 Å². The van der Waals surface area contributed by atoms with Gasteiger partial charge in [-0.2, -0.15) is 9.97 Å². The van der Waals surface area contributed by atoms with E-state index in [1.807, 2.05) is 0 Å². The van der Waals surface area contributed by atoms with Crippen LogP contribution in [0, 0.1) is 0 Å². The van der Waals surface area contributed by atoms with Gasteiger partial charge in [-0.1, -0.05) is 0 Å². The minimum absolute atomic E-state index is 0.0655. The van der Waals surface area contributed by atoms with Gasteiger partial charge in [-0.3, -0.25) is 32.5 Å². The molecule has 9 atom stereocenters. The molecule has 0 radical (unpaired) electrons. The molecule has 0 spiro atoms. The number of ether oxygens (including phenoxy) is 4. The lowest BCUT2D eigenvalue weighted by Gasteiger charge is -2.26. The number of hydrogen-bond donors (Lipinski definition) is 7. The lowest BCUT2D eigenvalue weighted by Crippen LogP contribution is -2.40. The summed E-state index contributed by atoms with van der Waals surface area (Å²) in [5, 5.41) is 11.0. The smallest absolute Gasteiger partial charge is 0.386 e. The largest absolute Gasteiger partial charge is 0.472 e. The number of aromatic amines is 1. The van der Waals surface area contributed by atoms with Gasteiger partial charge in [-0.05, 0) is 19.9 Å². The molecule has 0 bridgehead atoms. The van der Waals surface area contributed by atoms with Crippen molar-refractivity contribution in [1.82, 2.24) is 29.1 Å². The van der Waals surface area contributed by atoms with Gasteiger partial charge in [-0.15, -0.1) is 0 Å². The van der Waals surface area contributed by atoms with Crippen molar-refractivity contribution in [2.24, 2.45) is 0 Å². The van der Waals surface area contributed by atoms with Crippen molar-refractivity contribution in [2.75, 3.05) is 31.8 Å². The number of fused-ring (bicyclic) bond motifs is 1. The molecule has 2 aliphatic heterocycles. The maximum absolute atomic E-state index is 13.4. The molecule has 3 aromatic heterocycles. The zero-order valence-electron chi connectivity index (χ0n) is 25.4. The fraction of sp³-hybridized carbons (Fsp3) is 0.609. The van der Waals surface area contributed by atoms with Crippen LogP contribution < -0.4 is 22.7 Å². The normalized spacial score (nSPS) is 29.2. The first-order valence-electron chi connectivity index (χ1n) is 14.1. The Balaban J connectivity index is 1.38.